The molecule has 0 aliphatic rings. The van der Waals surface area contributed by atoms with E-state index < -0.39 is 19.4 Å². The van der Waals surface area contributed by atoms with E-state index in [1.54, 1.807) is 6.92 Å². The zero-order valence-electron chi connectivity index (χ0n) is 7.83. The van der Waals surface area contributed by atoms with Crippen molar-refractivity contribution in [1.29, 1.82) is 0 Å². The van der Waals surface area contributed by atoms with Gasteiger partial charge in [0.25, 0.3) is 0 Å². The average molecular weight is 192 g/mol. The second kappa shape index (κ2) is 5.36. The number of hydrogen-bond donors (Lipinski definition) is 1. The normalized spacial score (nSPS) is 16.0. The predicted octanol–water partition coefficient (Wildman–Crippen LogP) is 2.07. The fraction of sp³-hybridized carbons (Fsp3) is 0.875. The Kier molecular flexibility index (Phi) is 5.23. The van der Waals surface area contributed by atoms with Gasteiger partial charge in [-0.1, -0.05) is 20.8 Å². The number of hydrogen-bond acceptors (Lipinski definition) is 2. The number of carboxylic acids is 1. The first-order valence-electron chi connectivity index (χ1n) is 4.24. The minimum absolute atomic E-state index is 0.298. The maximum absolute atomic E-state index is 11.3. The summed E-state index contributed by atoms with van der Waals surface area (Å²) in [5, 5.41) is 8.75. The van der Waals surface area contributed by atoms with Crippen LogP contribution in [0.2, 0.25) is 0 Å². The Labute approximate surface area is 74.0 Å². The minimum Gasteiger partial charge on any atom is -0.481 e. The largest absolute Gasteiger partial charge is 0.481 e. The average Bonchev–Trinajstić information content (AvgIpc) is 1.98. The molecule has 0 rings (SSSR count). The molecule has 0 aromatic heterocycles. The number of carboxylic acid groups (broad SMARTS) is 1. The van der Waals surface area contributed by atoms with Crippen LogP contribution in [-0.4, -0.2) is 22.9 Å². The Balaban J connectivity index is 4.23. The molecule has 3 nitrogen and oxygen atoms in total. The molecular formula is C8H17O3P. The van der Waals surface area contributed by atoms with Gasteiger partial charge in [-0.15, -0.1) is 0 Å². The molecule has 0 aliphatic heterocycles. The standard InChI is InChI=1S/C8H17O3P/c1-4-12(11)7(8(9)10)5-6(2)3/h6-7,12H,4-5H2,1-3H3,(H,9,10). The van der Waals surface area contributed by atoms with Crippen LogP contribution < -0.4 is 0 Å². The Hall–Kier alpha value is -0.300. The first-order valence-corrected chi connectivity index (χ1v) is 5.93. The van der Waals surface area contributed by atoms with Crippen molar-refractivity contribution in [2.24, 2.45) is 5.92 Å². The summed E-state index contributed by atoms with van der Waals surface area (Å²) in [6, 6.07) is 0. The van der Waals surface area contributed by atoms with Crippen molar-refractivity contribution in [3.8, 4) is 0 Å². The SMILES string of the molecule is CC[PH](=O)C(CC(C)C)C(=O)O. The number of carbonyl (C=O) groups is 1. The van der Waals surface area contributed by atoms with Crippen molar-refractivity contribution < 1.29 is 14.5 Å². The molecule has 0 amide bonds. The van der Waals surface area contributed by atoms with Gasteiger partial charge in [-0.2, -0.15) is 0 Å². The molecular weight excluding hydrogens is 175 g/mol. The highest BCUT2D eigenvalue weighted by molar-refractivity contribution is 7.46. The van der Waals surface area contributed by atoms with E-state index in [2.05, 4.69) is 0 Å². The smallest absolute Gasteiger partial charge is 0.313 e. The third-order valence-corrected chi connectivity index (χ3v) is 3.70. The maximum Gasteiger partial charge on any atom is 0.313 e. The van der Waals surface area contributed by atoms with Gasteiger partial charge >= 0.3 is 5.97 Å². The molecule has 0 bridgehead atoms. The van der Waals surface area contributed by atoms with Gasteiger partial charge in [-0.3, -0.25) is 4.79 Å². The van der Waals surface area contributed by atoms with Crippen molar-refractivity contribution in [2.45, 2.75) is 32.9 Å². The molecule has 0 aliphatic carbocycles. The quantitative estimate of drug-likeness (QED) is 0.678. The van der Waals surface area contributed by atoms with Crippen LogP contribution in [-0.2, 0) is 9.36 Å². The van der Waals surface area contributed by atoms with Crippen molar-refractivity contribution in [1.82, 2.24) is 0 Å². The summed E-state index contributed by atoms with van der Waals surface area (Å²) in [6.07, 6.45) is 1.02. The second-order valence-corrected chi connectivity index (χ2v) is 5.68. The zero-order valence-corrected chi connectivity index (χ0v) is 8.83. The van der Waals surface area contributed by atoms with Gasteiger partial charge in [0.1, 0.15) is 5.66 Å². The zero-order chi connectivity index (χ0) is 9.72. The Morgan fingerprint density at radius 3 is 2.25 bits per heavy atom. The summed E-state index contributed by atoms with van der Waals surface area (Å²) in [4.78, 5) is 10.7. The van der Waals surface area contributed by atoms with E-state index in [1.165, 1.54) is 0 Å². The van der Waals surface area contributed by atoms with Crippen LogP contribution in [0.1, 0.15) is 27.2 Å². The monoisotopic (exact) mass is 192 g/mol. The van der Waals surface area contributed by atoms with Crippen molar-refractivity contribution in [2.75, 3.05) is 6.16 Å². The predicted molar refractivity (Wildman–Crippen MR) is 50.4 cm³/mol. The summed E-state index contributed by atoms with van der Waals surface area (Å²) < 4.78 is 11.3. The van der Waals surface area contributed by atoms with Crippen molar-refractivity contribution in [3.63, 3.8) is 0 Å². The Bertz CT molecular complexity index is 177. The summed E-state index contributed by atoms with van der Waals surface area (Å²) in [5.74, 6) is -0.610. The minimum atomic E-state index is -1.91. The van der Waals surface area contributed by atoms with Crippen LogP contribution in [0.3, 0.4) is 0 Å². The highest BCUT2D eigenvalue weighted by Gasteiger charge is 2.23. The Morgan fingerprint density at radius 1 is 1.50 bits per heavy atom. The molecule has 0 fully saturated rings. The van der Waals surface area contributed by atoms with Gasteiger partial charge in [-0.05, 0) is 18.5 Å². The highest BCUT2D eigenvalue weighted by atomic mass is 31.1. The number of rotatable bonds is 5. The molecule has 0 radical (unpaired) electrons. The lowest BCUT2D eigenvalue weighted by molar-refractivity contribution is -0.136. The van der Waals surface area contributed by atoms with Crippen molar-refractivity contribution >= 4 is 13.8 Å². The van der Waals surface area contributed by atoms with Crippen LogP contribution in [0.15, 0.2) is 0 Å². The lowest BCUT2D eigenvalue weighted by Gasteiger charge is -2.12. The molecule has 0 heterocycles. The molecule has 2 unspecified atom stereocenters. The third-order valence-electron chi connectivity index (χ3n) is 1.74. The molecule has 0 saturated heterocycles. The molecule has 0 aromatic rings. The third kappa shape index (κ3) is 3.91. The molecule has 0 saturated carbocycles. The summed E-state index contributed by atoms with van der Waals surface area (Å²) >= 11 is 0. The van der Waals surface area contributed by atoms with Gasteiger partial charge < -0.3 is 9.67 Å². The van der Waals surface area contributed by atoms with E-state index in [9.17, 15) is 9.36 Å². The van der Waals surface area contributed by atoms with Crippen LogP contribution in [0.25, 0.3) is 0 Å². The van der Waals surface area contributed by atoms with Gasteiger partial charge in [0.15, 0.2) is 0 Å². The fourth-order valence-corrected chi connectivity index (χ4v) is 2.59. The summed E-state index contributed by atoms with van der Waals surface area (Å²) in [7, 11) is -1.91. The molecule has 1 N–H and O–H groups in total. The Morgan fingerprint density at radius 2 is 2.00 bits per heavy atom. The van der Waals surface area contributed by atoms with Crippen LogP contribution in [0.5, 0.6) is 0 Å². The second-order valence-electron chi connectivity index (χ2n) is 3.34. The van der Waals surface area contributed by atoms with Crippen LogP contribution in [0.4, 0.5) is 0 Å². The lowest BCUT2D eigenvalue weighted by Crippen LogP contribution is -2.18. The topological polar surface area (TPSA) is 54.4 Å². The fourth-order valence-electron chi connectivity index (χ4n) is 1.09. The summed E-state index contributed by atoms with van der Waals surface area (Å²) in [5.41, 5.74) is -0.611. The van der Waals surface area contributed by atoms with E-state index in [4.69, 9.17) is 5.11 Å². The van der Waals surface area contributed by atoms with Gasteiger partial charge in [0.2, 0.25) is 0 Å². The molecule has 0 spiro atoms. The van der Waals surface area contributed by atoms with E-state index >= 15 is 0 Å². The molecule has 72 valence electrons. The van der Waals surface area contributed by atoms with Gasteiger partial charge in [0, 0.05) is 0 Å². The van der Waals surface area contributed by atoms with E-state index in [0.29, 0.717) is 18.5 Å². The first-order chi connectivity index (χ1) is 5.49. The first kappa shape index (κ1) is 11.7. The van der Waals surface area contributed by atoms with Crippen LogP contribution in [0, 0.1) is 5.92 Å². The molecule has 4 heteroatoms. The van der Waals surface area contributed by atoms with Gasteiger partial charge in [-0.25, -0.2) is 0 Å². The maximum atomic E-state index is 11.3. The van der Waals surface area contributed by atoms with E-state index in [0.717, 1.165) is 0 Å². The molecule has 0 aromatic carbocycles. The van der Waals surface area contributed by atoms with Crippen molar-refractivity contribution in [3.05, 3.63) is 0 Å². The lowest BCUT2D eigenvalue weighted by atomic mass is 10.1. The van der Waals surface area contributed by atoms with E-state index in [1.807, 2.05) is 13.8 Å². The summed E-state index contributed by atoms with van der Waals surface area (Å²) in [6.45, 7) is 5.67. The highest BCUT2D eigenvalue weighted by Crippen LogP contribution is 2.32. The molecule has 12 heavy (non-hydrogen) atoms. The number of aliphatic carboxylic acids is 1. The van der Waals surface area contributed by atoms with E-state index in [-0.39, 0.29) is 0 Å². The van der Waals surface area contributed by atoms with Gasteiger partial charge in [0.05, 0.1) is 7.80 Å². The van der Waals surface area contributed by atoms with Crippen LogP contribution >= 0.6 is 7.80 Å². The molecule has 2 atom stereocenters.